The summed E-state index contributed by atoms with van der Waals surface area (Å²) in [4.78, 5) is 4.07. The summed E-state index contributed by atoms with van der Waals surface area (Å²) in [6, 6.07) is 9.95. The van der Waals surface area contributed by atoms with E-state index in [0.717, 1.165) is 4.47 Å². The molecule has 1 N–H and O–H groups in total. The molecule has 7 heteroatoms. The maximum Gasteiger partial charge on any atom is 0.573 e. The van der Waals surface area contributed by atoms with Crippen LogP contribution in [0.15, 0.2) is 51.9 Å². The van der Waals surface area contributed by atoms with Gasteiger partial charge in [-0.1, -0.05) is 15.9 Å². The molecule has 110 valence electrons. The largest absolute Gasteiger partial charge is 0.573 e. The van der Waals surface area contributed by atoms with Crippen LogP contribution in [0, 0.1) is 0 Å². The molecule has 0 atom stereocenters. The number of aliphatic imine (C=N–C) groups is 1. The van der Waals surface area contributed by atoms with Crippen molar-refractivity contribution in [3.05, 3.63) is 52.5 Å². The van der Waals surface area contributed by atoms with Crippen molar-refractivity contribution in [1.29, 1.82) is 0 Å². The normalized spacial score (nSPS) is 11.8. The molecule has 0 bridgehead atoms. The Morgan fingerprint density at radius 1 is 1.10 bits per heavy atom. The van der Waals surface area contributed by atoms with E-state index in [-0.39, 0.29) is 11.5 Å². The molecule has 0 fully saturated rings. The van der Waals surface area contributed by atoms with E-state index in [0.29, 0.717) is 11.3 Å². The lowest BCUT2D eigenvalue weighted by Gasteiger charge is -2.08. The Morgan fingerprint density at radius 2 is 1.76 bits per heavy atom. The Kier molecular flexibility index (Phi) is 4.52. The number of halogens is 4. The van der Waals surface area contributed by atoms with Crippen molar-refractivity contribution in [2.45, 2.75) is 6.36 Å². The monoisotopic (exact) mass is 359 g/mol. The first-order valence-corrected chi connectivity index (χ1v) is 6.51. The van der Waals surface area contributed by atoms with E-state index in [1.54, 1.807) is 12.1 Å². The molecule has 0 heterocycles. The minimum absolute atomic E-state index is 0.0546. The standard InChI is InChI=1S/C14H9BrF3NO2/c15-10-1-6-13(20)9(7-10)8-19-11-2-4-12(5-3-11)21-14(16,17)18/h1-8,20H. The molecule has 0 saturated carbocycles. The van der Waals surface area contributed by atoms with Crippen LogP contribution in [0.1, 0.15) is 5.56 Å². The molecule has 0 unspecified atom stereocenters. The molecule has 0 aliphatic carbocycles. The Labute approximate surface area is 126 Å². The summed E-state index contributed by atoms with van der Waals surface area (Å²) in [7, 11) is 0. The van der Waals surface area contributed by atoms with Crippen LogP contribution in [0.2, 0.25) is 0 Å². The van der Waals surface area contributed by atoms with Crippen molar-refractivity contribution in [3.8, 4) is 11.5 Å². The van der Waals surface area contributed by atoms with Crippen molar-refractivity contribution in [2.75, 3.05) is 0 Å². The van der Waals surface area contributed by atoms with Crippen molar-refractivity contribution in [1.82, 2.24) is 0 Å². The fourth-order valence-corrected chi connectivity index (χ4v) is 1.89. The van der Waals surface area contributed by atoms with Gasteiger partial charge in [-0.25, -0.2) is 0 Å². The van der Waals surface area contributed by atoms with Gasteiger partial charge in [-0.15, -0.1) is 13.2 Å². The summed E-state index contributed by atoms with van der Waals surface area (Å²) in [5.41, 5.74) is 0.920. The lowest BCUT2D eigenvalue weighted by molar-refractivity contribution is -0.274. The molecule has 21 heavy (non-hydrogen) atoms. The Morgan fingerprint density at radius 3 is 2.38 bits per heavy atom. The number of hydrogen-bond donors (Lipinski definition) is 1. The number of rotatable bonds is 3. The van der Waals surface area contributed by atoms with Gasteiger partial charge in [-0.05, 0) is 42.5 Å². The zero-order valence-corrected chi connectivity index (χ0v) is 12.0. The molecule has 0 aliphatic rings. The Balaban J connectivity index is 2.13. The molecule has 0 saturated heterocycles. The fraction of sp³-hybridized carbons (Fsp3) is 0.0714. The number of nitrogens with zero attached hydrogens (tertiary/aromatic N) is 1. The second kappa shape index (κ2) is 6.17. The lowest BCUT2D eigenvalue weighted by Crippen LogP contribution is -2.16. The van der Waals surface area contributed by atoms with Crippen molar-refractivity contribution in [2.24, 2.45) is 4.99 Å². The van der Waals surface area contributed by atoms with Crippen LogP contribution in [0.25, 0.3) is 0 Å². The Bertz CT molecular complexity index is 654. The smallest absolute Gasteiger partial charge is 0.507 e. The fourth-order valence-electron chi connectivity index (χ4n) is 1.51. The van der Waals surface area contributed by atoms with Gasteiger partial charge in [0.1, 0.15) is 11.5 Å². The first-order chi connectivity index (χ1) is 9.83. The zero-order chi connectivity index (χ0) is 15.5. The first-order valence-electron chi connectivity index (χ1n) is 5.72. The van der Waals surface area contributed by atoms with Crippen LogP contribution in [0.3, 0.4) is 0 Å². The summed E-state index contributed by atoms with van der Waals surface area (Å²) in [6.07, 6.45) is -3.30. The second-order valence-electron chi connectivity index (χ2n) is 4.00. The summed E-state index contributed by atoms with van der Waals surface area (Å²) >= 11 is 3.26. The van der Waals surface area contributed by atoms with Gasteiger partial charge >= 0.3 is 6.36 Å². The van der Waals surface area contributed by atoms with Gasteiger partial charge in [0.15, 0.2) is 0 Å². The van der Waals surface area contributed by atoms with Crippen LogP contribution in [0.5, 0.6) is 11.5 Å². The molecule has 2 rings (SSSR count). The van der Waals surface area contributed by atoms with Crippen LogP contribution < -0.4 is 4.74 Å². The molecule has 0 aromatic heterocycles. The van der Waals surface area contributed by atoms with Gasteiger partial charge in [0.05, 0.1) is 5.69 Å². The number of alkyl halides is 3. The molecular formula is C14H9BrF3NO2. The number of hydrogen-bond acceptors (Lipinski definition) is 3. The third kappa shape index (κ3) is 4.78. The second-order valence-corrected chi connectivity index (χ2v) is 4.92. The molecule has 0 radical (unpaired) electrons. The van der Waals surface area contributed by atoms with Crippen LogP contribution in [0.4, 0.5) is 18.9 Å². The van der Waals surface area contributed by atoms with Crippen LogP contribution in [-0.4, -0.2) is 17.7 Å². The summed E-state index contributed by atoms with van der Waals surface area (Å²) in [6.45, 7) is 0. The maximum absolute atomic E-state index is 12.0. The number of benzene rings is 2. The molecule has 2 aromatic rings. The van der Waals surface area contributed by atoms with E-state index in [1.165, 1.54) is 36.5 Å². The third-order valence-corrected chi connectivity index (χ3v) is 2.91. The van der Waals surface area contributed by atoms with Crippen molar-refractivity contribution in [3.63, 3.8) is 0 Å². The summed E-state index contributed by atoms with van der Waals surface area (Å²) in [5.74, 6) is -0.259. The summed E-state index contributed by atoms with van der Waals surface area (Å²) in [5, 5.41) is 9.63. The number of aromatic hydroxyl groups is 1. The molecule has 0 amide bonds. The van der Waals surface area contributed by atoms with Gasteiger partial charge in [0, 0.05) is 16.3 Å². The van der Waals surface area contributed by atoms with E-state index in [1.807, 2.05) is 0 Å². The summed E-state index contributed by atoms with van der Waals surface area (Å²) < 4.78 is 40.6. The quantitative estimate of drug-likeness (QED) is 0.799. The average Bonchev–Trinajstić information content (AvgIpc) is 2.40. The zero-order valence-electron chi connectivity index (χ0n) is 10.4. The number of phenolic OH excluding ortho intramolecular Hbond substituents is 1. The number of ether oxygens (including phenoxy) is 1. The SMILES string of the molecule is Oc1ccc(Br)cc1C=Nc1ccc(OC(F)(F)F)cc1. The molecule has 0 aliphatic heterocycles. The van der Waals surface area contributed by atoms with Crippen molar-refractivity contribution >= 4 is 27.8 Å². The van der Waals surface area contributed by atoms with Crippen LogP contribution >= 0.6 is 15.9 Å². The van der Waals surface area contributed by atoms with Crippen LogP contribution in [-0.2, 0) is 0 Å². The molecule has 0 spiro atoms. The highest BCUT2D eigenvalue weighted by molar-refractivity contribution is 9.10. The van der Waals surface area contributed by atoms with E-state index in [4.69, 9.17) is 0 Å². The van der Waals surface area contributed by atoms with Crippen molar-refractivity contribution < 1.29 is 23.0 Å². The highest BCUT2D eigenvalue weighted by Crippen LogP contribution is 2.25. The first kappa shape index (κ1) is 15.4. The minimum Gasteiger partial charge on any atom is -0.507 e. The van der Waals surface area contributed by atoms with E-state index in [9.17, 15) is 18.3 Å². The van der Waals surface area contributed by atoms with Gasteiger partial charge in [-0.3, -0.25) is 4.99 Å². The molecular weight excluding hydrogens is 351 g/mol. The minimum atomic E-state index is -4.72. The van der Waals surface area contributed by atoms with E-state index >= 15 is 0 Å². The number of phenols is 1. The molecule has 3 nitrogen and oxygen atoms in total. The topological polar surface area (TPSA) is 41.8 Å². The van der Waals surface area contributed by atoms with Gasteiger partial charge in [0.25, 0.3) is 0 Å². The van der Waals surface area contributed by atoms with E-state index < -0.39 is 6.36 Å². The van der Waals surface area contributed by atoms with Gasteiger partial charge in [0.2, 0.25) is 0 Å². The highest BCUT2D eigenvalue weighted by Gasteiger charge is 2.30. The van der Waals surface area contributed by atoms with Gasteiger partial charge < -0.3 is 9.84 Å². The highest BCUT2D eigenvalue weighted by atomic mass is 79.9. The Hall–Kier alpha value is -2.02. The van der Waals surface area contributed by atoms with E-state index in [2.05, 4.69) is 25.7 Å². The predicted molar refractivity (Wildman–Crippen MR) is 76.2 cm³/mol. The third-order valence-electron chi connectivity index (χ3n) is 2.41. The predicted octanol–water partition coefficient (Wildman–Crippen LogP) is 4.80. The maximum atomic E-state index is 12.0. The molecule has 2 aromatic carbocycles. The lowest BCUT2D eigenvalue weighted by atomic mass is 10.2. The van der Waals surface area contributed by atoms with Gasteiger partial charge in [-0.2, -0.15) is 0 Å². The average molecular weight is 360 g/mol.